The Morgan fingerprint density at radius 1 is 1.20 bits per heavy atom. The summed E-state index contributed by atoms with van der Waals surface area (Å²) in [6.45, 7) is 3.44. The largest absolute Gasteiger partial charge is 0.419 e. The Balaban J connectivity index is 3.12. The Labute approximate surface area is 85.1 Å². The maximum absolute atomic E-state index is 13.3. The zero-order valence-electron chi connectivity index (χ0n) is 8.32. The zero-order chi connectivity index (χ0) is 11.6. The number of rotatable bonds is 2. The van der Waals surface area contributed by atoms with Crippen LogP contribution >= 0.6 is 0 Å². The van der Waals surface area contributed by atoms with Gasteiger partial charge in [-0.15, -0.1) is 0 Å². The van der Waals surface area contributed by atoms with Crippen LogP contribution in [0, 0.1) is 5.82 Å². The molecule has 84 valence electrons. The van der Waals surface area contributed by atoms with E-state index in [9.17, 15) is 17.6 Å². The molecule has 0 saturated carbocycles. The van der Waals surface area contributed by atoms with Crippen molar-refractivity contribution in [1.82, 2.24) is 0 Å². The first-order valence-corrected chi connectivity index (χ1v) is 4.44. The number of hydrogen-bond acceptors (Lipinski definition) is 1. The third-order valence-corrected chi connectivity index (χ3v) is 1.75. The second kappa shape index (κ2) is 4.08. The summed E-state index contributed by atoms with van der Waals surface area (Å²) in [6.07, 6.45) is -4.65. The molecule has 0 heterocycles. The molecule has 1 rings (SSSR count). The van der Waals surface area contributed by atoms with Gasteiger partial charge in [-0.05, 0) is 26.0 Å². The van der Waals surface area contributed by atoms with Crippen molar-refractivity contribution in [2.45, 2.75) is 26.1 Å². The minimum Gasteiger partial charge on any atom is -0.380 e. The summed E-state index contributed by atoms with van der Waals surface area (Å²) >= 11 is 0. The van der Waals surface area contributed by atoms with Crippen LogP contribution < -0.4 is 5.32 Å². The van der Waals surface area contributed by atoms with Gasteiger partial charge in [0.2, 0.25) is 0 Å². The second-order valence-corrected chi connectivity index (χ2v) is 3.46. The van der Waals surface area contributed by atoms with E-state index in [0.29, 0.717) is 0 Å². The second-order valence-electron chi connectivity index (χ2n) is 3.46. The van der Waals surface area contributed by atoms with Gasteiger partial charge >= 0.3 is 6.18 Å². The molecular formula is C10H11F4N. The van der Waals surface area contributed by atoms with E-state index in [2.05, 4.69) is 5.32 Å². The lowest BCUT2D eigenvalue weighted by molar-refractivity contribution is -0.139. The Bertz CT molecular complexity index is 344. The third kappa shape index (κ3) is 2.84. The molecule has 0 fully saturated rings. The van der Waals surface area contributed by atoms with E-state index in [1.54, 1.807) is 13.8 Å². The summed E-state index contributed by atoms with van der Waals surface area (Å²) < 4.78 is 50.2. The quantitative estimate of drug-likeness (QED) is 0.751. The molecule has 15 heavy (non-hydrogen) atoms. The Morgan fingerprint density at radius 2 is 1.80 bits per heavy atom. The van der Waals surface area contributed by atoms with Gasteiger partial charge in [0.05, 0.1) is 11.3 Å². The van der Waals surface area contributed by atoms with Crippen LogP contribution in [0.3, 0.4) is 0 Å². The standard InChI is InChI=1S/C10H11F4N/c1-6(2)15-8-5-3-4-7(9(8)11)10(12,13)14/h3-6,15H,1-2H3. The molecule has 0 unspecified atom stereocenters. The van der Waals surface area contributed by atoms with Crippen LogP contribution in [0.5, 0.6) is 0 Å². The van der Waals surface area contributed by atoms with E-state index in [-0.39, 0.29) is 11.7 Å². The predicted octanol–water partition coefficient (Wildman–Crippen LogP) is 3.66. The number of nitrogens with one attached hydrogen (secondary N) is 1. The summed E-state index contributed by atoms with van der Waals surface area (Å²) in [7, 11) is 0. The molecule has 0 atom stereocenters. The highest BCUT2D eigenvalue weighted by molar-refractivity contribution is 5.48. The SMILES string of the molecule is CC(C)Nc1cccc(C(F)(F)F)c1F. The summed E-state index contributed by atoms with van der Waals surface area (Å²) in [6, 6.07) is 3.06. The first kappa shape index (κ1) is 11.8. The number of alkyl halides is 3. The van der Waals surface area contributed by atoms with E-state index in [1.807, 2.05) is 0 Å². The van der Waals surface area contributed by atoms with Crippen molar-refractivity contribution in [3.63, 3.8) is 0 Å². The molecule has 0 aliphatic rings. The van der Waals surface area contributed by atoms with Crippen molar-refractivity contribution in [3.8, 4) is 0 Å². The number of benzene rings is 1. The minimum absolute atomic E-state index is 0.122. The smallest absolute Gasteiger partial charge is 0.380 e. The van der Waals surface area contributed by atoms with Crippen molar-refractivity contribution < 1.29 is 17.6 Å². The summed E-state index contributed by atoms with van der Waals surface area (Å²) in [5.74, 6) is -1.25. The molecule has 0 spiro atoms. The van der Waals surface area contributed by atoms with Crippen LogP contribution in [0.1, 0.15) is 19.4 Å². The van der Waals surface area contributed by atoms with Crippen molar-refractivity contribution >= 4 is 5.69 Å². The fourth-order valence-electron chi connectivity index (χ4n) is 1.17. The van der Waals surface area contributed by atoms with Crippen molar-refractivity contribution in [2.24, 2.45) is 0 Å². The highest BCUT2D eigenvalue weighted by Gasteiger charge is 2.34. The highest BCUT2D eigenvalue weighted by atomic mass is 19.4. The normalized spacial score (nSPS) is 11.9. The fraction of sp³-hybridized carbons (Fsp3) is 0.400. The van der Waals surface area contributed by atoms with Gasteiger partial charge in [0.15, 0.2) is 5.82 Å². The Hall–Kier alpha value is -1.26. The van der Waals surface area contributed by atoms with E-state index in [1.165, 1.54) is 12.1 Å². The Morgan fingerprint density at radius 3 is 2.27 bits per heavy atom. The maximum atomic E-state index is 13.3. The molecule has 1 aromatic rings. The maximum Gasteiger partial charge on any atom is 0.419 e. The molecule has 0 aliphatic carbocycles. The first-order valence-electron chi connectivity index (χ1n) is 4.44. The average molecular weight is 221 g/mol. The van der Waals surface area contributed by atoms with Crippen LogP contribution in [0.4, 0.5) is 23.2 Å². The molecule has 0 aliphatic heterocycles. The van der Waals surface area contributed by atoms with Gasteiger partial charge in [0.1, 0.15) is 0 Å². The third-order valence-electron chi connectivity index (χ3n) is 1.75. The number of anilines is 1. The topological polar surface area (TPSA) is 12.0 Å². The van der Waals surface area contributed by atoms with Crippen LogP contribution in [0.25, 0.3) is 0 Å². The monoisotopic (exact) mass is 221 g/mol. The number of halogens is 4. The average Bonchev–Trinajstić information content (AvgIpc) is 2.05. The van der Waals surface area contributed by atoms with Crippen LogP contribution in [0.15, 0.2) is 18.2 Å². The predicted molar refractivity (Wildman–Crippen MR) is 50.2 cm³/mol. The lowest BCUT2D eigenvalue weighted by Crippen LogP contribution is -2.14. The van der Waals surface area contributed by atoms with Crippen molar-refractivity contribution in [3.05, 3.63) is 29.6 Å². The van der Waals surface area contributed by atoms with Crippen LogP contribution in [-0.2, 0) is 6.18 Å². The molecule has 0 saturated heterocycles. The molecule has 1 N–H and O–H groups in total. The van der Waals surface area contributed by atoms with Crippen LogP contribution in [-0.4, -0.2) is 6.04 Å². The Kier molecular flexibility index (Phi) is 3.21. The fourth-order valence-corrected chi connectivity index (χ4v) is 1.17. The lowest BCUT2D eigenvalue weighted by atomic mass is 10.1. The van der Waals surface area contributed by atoms with E-state index < -0.39 is 17.6 Å². The molecule has 0 amide bonds. The molecule has 0 aromatic heterocycles. The van der Waals surface area contributed by atoms with Gasteiger partial charge in [-0.25, -0.2) is 4.39 Å². The molecule has 1 nitrogen and oxygen atoms in total. The number of hydrogen-bond donors (Lipinski definition) is 1. The molecule has 0 radical (unpaired) electrons. The summed E-state index contributed by atoms with van der Waals surface area (Å²) in [5.41, 5.74) is -1.37. The van der Waals surface area contributed by atoms with Crippen LogP contribution in [0.2, 0.25) is 0 Å². The molecule has 0 bridgehead atoms. The summed E-state index contributed by atoms with van der Waals surface area (Å²) in [4.78, 5) is 0. The van der Waals surface area contributed by atoms with Crippen molar-refractivity contribution in [2.75, 3.05) is 5.32 Å². The van der Waals surface area contributed by atoms with Gasteiger partial charge in [0, 0.05) is 6.04 Å². The minimum atomic E-state index is -4.65. The van der Waals surface area contributed by atoms with Gasteiger partial charge in [-0.1, -0.05) is 6.07 Å². The lowest BCUT2D eigenvalue weighted by Gasteiger charge is -2.14. The van der Waals surface area contributed by atoms with Crippen molar-refractivity contribution in [1.29, 1.82) is 0 Å². The highest BCUT2D eigenvalue weighted by Crippen LogP contribution is 2.33. The first-order chi connectivity index (χ1) is 6.82. The molecular weight excluding hydrogens is 210 g/mol. The van der Waals surface area contributed by atoms with Gasteiger partial charge in [-0.2, -0.15) is 13.2 Å². The van der Waals surface area contributed by atoms with Gasteiger partial charge in [-0.3, -0.25) is 0 Å². The van der Waals surface area contributed by atoms with E-state index >= 15 is 0 Å². The van der Waals surface area contributed by atoms with E-state index in [0.717, 1.165) is 6.07 Å². The van der Waals surface area contributed by atoms with Gasteiger partial charge in [0.25, 0.3) is 0 Å². The zero-order valence-corrected chi connectivity index (χ0v) is 8.32. The van der Waals surface area contributed by atoms with E-state index in [4.69, 9.17) is 0 Å². The molecule has 5 heteroatoms. The van der Waals surface area contributed by atoms with Gasteiger partial charge < -0.3 is 5.32 Å². The summed E-state index contributed by atoms with van der Waals surface area (Å²) in [5, 5.41) is 2.61. The molecule has 1 aromatic carbocycles.